The third-order valence-corrected chi connectivity index (χ3v) is 5.40. The van der Waals surface area contributed by atoms with Crippen molar-refractivity contribution < 1.29 is 9.59 Å². The van der Waals surface area contributed by atoms with Gasteiger partial charge in [-0.05, 0) is 62.3 Å². The molecule has 2 aromatic heterocycles. The number of hydrogen-bond donors (Lipinski definition) is 2. The zero-order valence-electron chi connectivity index (χ0n) is 16.1. The average molecular weight is 392 g/mol. The van der Waals surface area contributed by atoms with Crippen LogP contribution in [0.1, 0.15) is 41.4 Å². The molecule has 4 rings (SSSR count). The standard InChI is InChI=1S/C21H24N6O2/c22-20(29)15-4-6-17(7-5-15)23-19(28)10-14-26-12-8-16(9-13-26)21-25-24-18-3-1-2-11-27(18)21/h1-7,11,16H,8-10,12-14H2,(H2,22,29)(H,23,28). The van der Waals surface area contributed by atoms with Gasteiger partial charge in [-0.25, -0.2) is 0 Å². The van der Waals surface area contributed by atoms with Gasteiger partial charge in [0.25, 0.3) is 0 Å². The lowest BCUT2D eigenvalue weighted by Crippen LogP contribution is -2.35. The second kappa shape index (κ2) is 8.40. The van der Waals surface area contributed by atoms with Crippen LogP contribution in [0.4, 0.5) is 5.69 Å². The zero-order chi connectivity index (χ0) is 20.2. The number of nitrogens with two attached hydrogens (primary N) is 1. The van der Waals surface area contributed by atoms with Gasteiger partial charge in [-0.15, -0.1) is 10.2 Å². The van der Waals surface area contributed by atoms with Crippen LogP contribution in [0.5, 0.6) is 0 Å². The topological polar surface area (TPSA) is 106 Å². The SMILES string of the molecule is NC(=O)c1ccc(NC(=O)CCN2CCC(c3nnc4ccccn34)CC2)cc1. The number of carbonyl (C=O) groups is 2. The molecule has 29 heavy (non-hydrogen) atoms. The molecule has 1 saturated heterocycles. The number of anilines is 1. The number of rotatable bonds is 6. The molecule has 2 amide bonds. The fourth-order valence-electron chi connectivity index (χ4n) is 3.75. The average Bonchev–Trinajstić information content (AvgIpc) is 3.17. The molecule has 8 heteroatoms. The van der Waals surface area contributed by atoms with Crippen LogP contribution < -0.4 is 11.1 Å². The Morgan fingerprint density at radius 2 is 1.83 bits per heavy atom. The van der Waals surface area contributed by atoms with Gasteiger partial charge in [0.15, 0.2) is 5.65 Å². The van der Waals surface area contributed by atoms with Crippen LogP contribution in [0, 0.1) is 0 Å². The Balaban J connectivity index is 1.24. The highest BCUT2D eigenvalue weighted by Crippen LogP contribution is 2.27. The molecule has 0 unspecified atom stereocenters. The number of nitrogens with one attached hydrogen (secondary N) is 1. The van der Waals surface area contributed by atoms with Crippen LogP contribution in [0.15, 0.2) is 48.7 Å². The Morgan fingerprint density at radius 3 is 2.55 bits per heavy atom. The summed E-state index contributed by atoms with van der Waals surface area (Å²) in [5, 5.41) is 11.5. The first kappa shape index (κ1) is 19.1. The summed E-state index contributed by atoms with van der Waals surface area (Å²) in [6.45, 7) is 2.60. The Hall–Kier alpha value is -3.26. The van der Waals surface area contributed by atoms with E-state index in [-0.39, 0.29) is 5.91 Å². The van der Waals surface area contributed by atoms with Crippen molar-refractivity contribution in [3.63, 3.8) is 0 Å². The van der Waals surface area contributed by atoms with Gasteiger partial charge in [0.1, 0.15) is 5.82 Å². The van der Waals surface area contributed by atoms with Crippen LogP contribution >= 0.6 is 0 Å². The lowest BCUT2D eigenvalue weighted by Gasteiger charge is -2.30. The second-order valence-electron chi connectivity index (χ2n) is 7.34. The molecular weight excluding hydrogens is 368 g/mol. The Kier molecular flexibility index (Phi) is 5.53. The number of primary amides is 1. The summed E-state index contributed by atoms with van der Waals surface area (Å²) in [5.41, 5.74) is 7.19. The highest BCUT2D eigenvalue weighted by atomic mass is 16.2. The van der Waals surface area contributed by atoms with Gasteiger partial charge >= 0.3 is 0 Å². The largest absolute Gasteiger partial charge is 0.366 e. The van der Waals surface area contributed by atoms with Crippen molar-refractivity contribution in [2.45, 2.75) is 25.2 Å². The number of aromatic nitrogens is 3. The van der Waals surface area contributed by atoms with E-state index in [0.29, 0.717) is 23.6 Å². The number of nitrogens with zero attached hydrogens (tertiary/aromatic N) is 4. The van der Waals surface area contributed by atoms with Crippen molar-refractivity contribution in [3.8, 4) is 0 Å². The number of benzene rings is 1. The number of amides is 2. The van der Waals surface area contributed by atoms with Crippen LogP contribution in [0.25, 0.3) is 5.65 Å². The Bertz CT molecular complexity index is 1010. The molecule has 3 N–H and O–H groups in total. The molecule has 3 aromatic rings. The maximum Gasteiger partial charge on any atom is 0.248 e. The van der Waals surface area contributed by atoms with Crippen molar-refractivity contribution in [3.05, 3.63) is 60.0 Å². The van der Waals surface area contributed by atoms with E-state index in [0.717, 1.165) is 43.9 Å². The molecule has 150 valence electrons. The molecule has 8 nitrogen and oxygen atoms in total. The van der Waals surface area contributed by atoms with Crippen molar-refractivity contribution in [2.24, 2.45) is 5.73 Å². The first-order chi connectivity index (χ1) is 14.1. The van der Waals surface area contributed by atoms with E-state index in [9.17, 15) is 9.59 Å². The molecule has 0 aliphatic carbocycles. The summed E-state index contributed by atoms with van der Waals surface area (Å²) in [5.74, 6) is 0.895. The first-order valence-corrected chi connectivity index (χ1v) is 9.82. The molecule has 0 spiro atoms. The van der Waals surface area contributed by atoms with E-state index < -0.39 is 5.91 Å². The lowest BCUT2D eigenvalue weighted by atomic mass is 9.96. The fraction of sp³-hybridized carbons (Fsp3) is 0.333. The van der Waals surface area contributed by atoms with Gasteiger partial charge in [-0.1, -0.05) is 6.07 Å². The van der Waals surface area contributed by atoms with Crippen LogP contribution in [-0.2, 0) is 4.79 Å². The number of pyridine rings is 1. The first-order valence-electron chi connectivity index (χ1n) is 9.82. The van der Waals surface area contributed by atoms with E-state index in [2.05, 4.69) is 24.8 Å². The molecule has 0 bridgehead atoms. The lowest BCUT2D eigenvalue weighted by molar-refractivity contribution is -0.116. The number of likely N-dealkylation sites (tertiary alicyclic amines) is 1. The van der Waals surface area contributed by atoms with Gasteiger partial charge in [-0.2, -0.15) is 0 Å². The van der Waals surface area contributed by atoms with Crippen molar-refractivity contribution >= 4 is 23.1 Å². The zero-order valence-corrected chi connectivity index (χ0v) is 16.1. The maximum absolute atomic E-state index is 12.2. The third kappa shape index (κ3) is 4.43. The summed E-state index contributed by atoms with van der Waals surface area (Å²) in [6.07, 6.45) is 4.45. The molecular formula is C21H24N6O2. The monoisotopic (exact) mass is 392 g/mol. The van der Waals surface area contributed by atoms with E-state index in [1.807, 2.05) is 24.4 Å². The van der Waals surface area contributed by atoms with Gasteiger partial charge in [0.05, 0.1) is 0 Å². The van der Waals surface area contributed by atoms with Gasteiger partial charge in [0, 0.05) is 36.3 Å². The third-order valence-electron chi connectivity index (χ3n) is 5.40. The molecule has 1 fully saturated rings. The minimum atomic E-state index is -0.481. The summed E-state index contributed by atoms with van der Waals surface area (Å²) >= 11 is 0. The van der Waals surface area contributed by atoms with Gasteiger partial charge in [0.2, 0.25) is 11.8 Å². The van der Waals surface area contributed by atoms with Crippen LogP contribution in [0.3, 0.4) is 0 Å². The van der Waals surface area contributed by atoms with Gasteiger partial charge < -0.3 is 16.0 Å². The van der Waals surface area contributed by atoms with Crippen LogP contribution in [0.2, 0.25) is 0 Å². The van der Waals surface area contributed by atoms with E-state index >= 15 is 0 Å². The summed E-state index contributed by atoms with van der Waals surface area (Å²) in [4.78, 5) is 25.6. The number of hydrogen-bond acceptors (Lipinski definition) is 5. The Labute approximate surface area is 168 Å². The number of carbonyl (C=O) groups excluding carboxylic acids is 2. The highest BCUT2D eigenvalue weighted by molar-refractivity contribution is 5.94. The molecule has 1 aromatic carbocycles. The van der Waals surface area contributed by atoms with E-state index in [1.165, 1.54) is 0 Å². The quantitative estimate of drug-likeness (QED) is 0.668. The van der Waals surface area contributed by atoms with Crippen molar-refractivity contribution in [1.29, 1.82) is 0 Å². The minimum Gasteiger partial charge on any atom is -0.366 e. The molecule has 0 radical (unpaired) electrons. The predicted molar refractivity (Wildman–Crippen MR) is 110 cm³/mol. The summed E-state index contributed by atoms with van der Waals surface area (Å²) in [6, 6.07) is 12.5. The Morgan fingerprint density at radius 1 is 1.07 bits per heavy atom. The maximum atomic E-state index is 12.2. The minimum absolute atomic E-state index is 0.0394. The van der Waals surface area contributed by atoms with Crippen molar-refractivity contribution in [2.75, 3.05) is 25.0 Å². The van der Waals surface area contributed by atoms with Crippen molar-refractivity contribution in [1.82, 2.24) is 19.5 Å². The van der Waals surface area contributed by atoms with E-state index in [1.54, 1.807) is 24.3 Å². The normalized spacial score (nSPS) is 15.4. The molecule has 0 atom stereocenters. The number of fused-ring (bicyclic) bond motifs is 1. The van der Waals surface area contributed by atoms with Gasteiger partial charge in [-0.3, -0.25) is 14.0 Å². The molecule has 1 aliphatic rings. The second-order valence-corrected chi connectivity index (χ2v) is 7.34. The number of piperidine rings is 1. The molecule has 0 saturated carbocycles. The highest BCUT2D eigenvalue weighted by Gasteiger charge is 2.24. The summed E-state index contributed by atoms with van der Waals surface area (Å²) < 4.78 is 2.07. The predicted octanol–water partition coefficient (Wildman–Crippen LogP) is 2.04. The summed E-state index contributed by atoms with van der Waals surface area (Å²) in [7, 11) is 0. The fourth-order valence-corrected chi connectivity index (χ4v) is 3.75. The molecule has 1 aliphatic heterocycles. The van der Waals surface area contributed by atoms with Crippen LogP contribution in [-0.4, -0.2) is 50.9 Å². The van der Waals surface area contributed by atoms with E-state index in [4.69, 9.17) is 5.73 Å². The molecule has 3 heterocycles. The smallest absolute Gasteiger partial charge is 0.248 e.